The number of rotatable bonds is 6. The highest BCUT2D eigenvalue weighted by molar-refractivity contribution is 9.10. The molecule has 1 aromatic rings. The second kappa shape index (κ2) is 8.64. The van der Waals surface area contributed by atoms with Crippen molar-refractivity contribution in [2.45, 2.75) is 45.6 Å². The van der Waals surface area contributed by atoms with E-state index in [1.807, 2.05) is 13.8 Å². The van der Waals surface area contributed by atoms with Crippen molar-refractivity contribution >= 4 is 15.9 Å². The quantitative estimate of drug-likeness (QED) is 0.625. The Morgan fingerprint density at radius 3 is 2.72 bits per heavy atom. The molecule has 0 spiro atoms. The standard InChI is InChI=1S/C20H24BrFN2O/c1-5-8-24-14(3)19(12-23)18(11-16(24)9-13(2)25-4)17-7-6-15(22)10-20(17)21/h6-7,10-11,13,18H,5,8-9H2,1-4H3. The number of allylic oxidation sites excluding steroid dienone is 3. The molecule has 1 aromatic carbocycles. The largest absolute Gasteiger partial charge is 0.381 e. The maximum absolute atomic E-state index is 13.5. The van der Waals surface area contributed by atoms with E-state index in [0.717, 1.165) is 36.3 Å². The minimum absolute atomic E-state index is 0.0827. The fourth-order valence-electron chi connectivity index (χ4n) is 3.19. The maximum atomic E-state index is 13.5. The fourth-order valence-corrected chi connectivity index (χ4v) is 3.79. The van der Waals surface area contributed by atoms with E-state index < -0.39 is 0 Å². The van der Waals surface area contributed by atoms with E-state index in [9.17, 15) is 9.65 Å². The maximum Gasteiger partial charge on any atom is 0.124 e. The average Bonchev–Trinajstić information content (AvgIpc) is 2.57. The Hall–Kier alpha value is -1.64. The Morgan fingerprint density at radius 2 is 2.16 bits per heavy atom. The van der Waals surface area contributed by atoms with Crippen LogP contribution in [0.4, 0.5) is 4.39 Å². The highest BCUT2D eigenvalue weighted by Gasteiger charge is 2.29. The lowest BCUT2D eigenvalue weighted by Gasteiger charge is -2.36. The summed E-state index contributed by atoms with van der Waals surface area (Å²) in [6.07, 6.45) is 3.95. The van der Waals surface area contributed by atoms with Crippen LogP contribution in [0.2, 0.25) is 0 Å². The van der Waals surface area contributed by atoms with Gasteiger partial charge in [-0.25, -0.2) is 4.39 Å². The van der Waals surface area contributed by atoms with Crippen LogP contribution in [0.25, 0.3) is 0 Å². The highest BCUT2D eigenvalue weighted by Crippen LogP contribution is 2.40. The molecule has 0 fully saturated rings. The van der Waals surface area contributed by atoms with E-state index in [4.69, 9.17) is 4.74 Å². The normalized spacial score (nSPS) is 18.8. The Bertz CT molecular complexity index is 736. The number of hydrogen-bond acceptors (Lipinski definition) is 3. The van der Waals surface area contributed by atoms with Gasteiger partial charge in [0.05, 0.1) is 17.7 Å². The van der Waals surface area contributed by atoms with Crippen LogP contribution in [-0.4, -0.2) is 24.7 Å². The van der Waals surface area contributed by atoms with Gasteiger partial charge in [-0.2, -0.15) is 5.26 Å². The number of nitriles is 1. The number of halogens is 2. The molecule has 25 heavy (non-hydrogen) atoms. The highest BCUT2D eigenvalue weighted by atomic mass is 79.9. The molecule has 0 radical (unpaired) electrons. The Kier molecular flexibility index (Phi) is 6.80. The van der Waals surface area contributed by atoms with Crippen molar-refractivity contribution in [1.29, 1.82) is 5.26 Å². The molecular weight excluding hydrogens is 383 g/mol. The van der Waals surface area contributed by atoms with E-state index in [0.29, 0.717) is 10.0 Å². The van der Waals surface area contributed by atoms with Gasteiger partial charge in [0.2, 0.25) is 0 Å². The number of nitrogens with zero attached hydrogens (tertiary/aromatic N) is 2. The summed E-state index contributed by atoms with van der Waals surface area (Å²) in [4.78, 5) is 2.21. The predicted molar refractivity (Wildman–Crippen MR) is 101 cm³/mol. The van der Waals surface area contributed by atoms with Gasteiger partial charge in [0.15, 0.2) is 0 Å². The van der Waals surface area contributed by atoms with Crippen LogP contribution in [0, 0.1) is 17.1 Å². The van der Waals surface area contributed by atoms with Crippen LogP contribution in [0.3, 0.4) is 0 Å². The Morgan fingerprint density at radius 1 is 1.44 bits per heavy atom. The minimum Gasteiger partial charge on any atom is -0.381 e. The van der Waals surface area contributed by atoms with Gasteiger partial charge in [0.1, 0.15) is 5.82 Å². The predicted octanol–water partition coefficient (Wildman–Crippen LogP) is 5.50. The second-order valence-electron chi connectivity index (χ2n) is 6.31. The third-order valence-corrected chi connectivity index (χ3v) is 5.26. The molecule has 2 atom stereocenters. The number of hydrogen-bond donors (Lipinski definition) is 0. The summed E-state index contributed by atoms with van der Waals surface area (Å²) in [5, 5.41) is 9.76. The first-order chi connectivity index (χ1) is 11.9. The molecule has 1 heterocycles. The minimum atomic E-state index is -0.296. The Labute approximate surface area is 157 Å². The van der Waals surface area contributed by atoms with Crippen molar-refractivity contribution in [3.8, 4) is 6.07 Å². The zero-order valence-electron chi connectivity index (χ0n) is 15.1. The van der Waals surface area contributed by atoms with E-state index in [-0.39, 0.29) is 17.8 Å². The molecule has 5 heteroatoms. The zero-order valence-corrected chi connectivity index (χ0v) is 16.7. The average molecular weight is 407 g/mol. The van der Waals surface area contributed by atoms with Crippen molar-refractivity contribution in [2.24, 2.45) is 0 Å². The summed E-state index contributed by atoms with van der Waals surface area (Å²) >= 11 is 3.45. The molecule has 0 saturated heterocycles. The fraction of sp³-hybridized carbons (Fsp3) is 0.450. The van der Waals surface area contributed by atoms with Crippen LogP contribution in [0.15, 0.2) is 45.7 Å². The lowest BCUT2D eigenvalue weighted by molar-refractivity contribution is 0.112. The first-order valence-corrected chi connectivity index (χ1v) is 9.29. The Balaban J connectivity index is 2.54. The number of benzene rings is 1. The number of methoxy groups -OCH3 is 1. The number of ether oxygens (including phenoxy) is 1. The van der Waals surface area contributed by atoms with Gasteiger partial charge in [-0.05, 0) is 38.0 Å². The van der Waals surface area contributed by atoms with E-state index in [2.05, 4.69) is 39.9 Å². The lowest BCUT2D eigenvalue weighted by Crippen LogP contribution is -2.30. The molecule has 1 aliphatic rings. The van der Waals surface area contributed by atoms with Crippen molar-refractivity contribution < 1.29 is 9.13 Å². The first kappa shape index (κ1) is 19.7. The molecule has 0 aromatic heterocycles. The molecule has 0 aliphatic carbocycles. The SMILES string of the molecule is CCCN1C(CC(C)OC)=CC(c2ccc(F)cc2Br)C(C#N)=C1C. The van der Waals surface area contributed by atoms with Crippen LogP contribution in [-0.2, 0) is 4.74 Å². The van der Waals surface area contributed by atoms with E-state index in [1.54, 1.807) is 13.2 Å². The lowest BCUT2D eigenvalue weighted by atomic mass is 9.85. The molecule has 0 N–H and O–H groups in total. The van der Waals surface area contributed by atoms with Crippen molar-refractivity contribution in [2.75, 3.05) is 13.7 Å². The van der Waals surface area contributed by atoms with Crippen LogP contribution >= 0.6 is 15.9 Å². The molecular formula is C20H24BrFN2O. The van der Waals surface area contributed by atoms with Crippen molar-refractivity contribution in [3.63, 3.8) is 0 Å². The smallest absolute Gasteiger partial charge is 0.124 e. The van der Waals surface area contributed by atoms with Gasteiger partial charge < -0.3 is 9.64 Å². The summed E-state index contributed by atoms with van der Waals surface area (Å²) < 4.78 is 19.6. The topological polar surface area (TPSA) is 36.3 Å². The summed E-state index contributed by atoms with van der Waals surface area (Å²) in [6.45, 7) is 7.01. The van der Waals surface area contributed by atoms with Gasteiger partial charge in [-0.3, -0.25) is 0 Å². The monoisotopic (exact) mass is 406 g/mol. The molecule has 2 unspecified atom stereocenters. The first-order valence-electron chi connectivity index (χ1n) is 8.49. The van der Waals surface area contributed by atoms with Crippen molar-refractivity contribution in [3.05, 3.63) is 57.1 Å². The molecule has 0 amide bonds. The van der Waals surface area contributed by atoms with Gasteiger partial charge in [0.25, 0.3) is 0 Å². The molecule has 3 nitrogen and oxygen atoms in total. The van der Waals surface area contributed by atoms with Gasteiger partial charge in [0, 0.05) is 41.9 Å². The summed E-state index contributed by atoms with van der Waals surface area (Å²) in [5.74, 6) is -0.484. The summed E-state index contributed by atoms with van der Waals surface area (Å²) in [7, 11) is 1.70. The van der Waals surface area contributed by atoms with Gasteiger partial charge in [-0.15, -0.1) is 0 Å². The van der Waals surface area contributed by atoms with E-state index in [1.165, 1.54) is 12.1 Å². The third kappa shape index (κ3) is 4.31. The van der Waals surface area contributed by atoms with Crippen LogP contribution in [0.5, 0.6) is 0 Å². The van der Waals surface area contributed by atoms with Crippen LogP contribution < -0.4 is 0 Å². The van der Waals surface area contributed by atoms with Crippen molar-refractivity contribution in [1.82, 2.24) is 4.90 Å². The van der Waals surface area contributed by atoms with Crippen LogP contribution in [0.1, 0.15) is 45.1 Å². The summed E-state index contributed by atoms with van der Waals surface area (Å²) in [6, 6.07) is 7.00. The molecule has 0 bridgehead atoms. The van der Waals surface area contributed by atoms with E-state index >= 15 is 0 Å². The molecule has 134 valence electrons. The summed E-state index contributed by atoms with van der Waals surface area (Å²) in [5.41, 5.74) is 3.71. The molecule has 0 saturated carbocycles. The van der Waals surface area contributed by atoms with Gasteiger partial charge >= 0.3 is 0 Å². The molecule has 1 aliphatic heterocycles. The second-order valence-corrected chi connectivity index (χ2v) is 7.17. The zero-order chi connectivity index (χ0) is 18.6. The third-order valence-electron chi connectivity index (χ3n) is 4.58. The van der Waals surface area contributed by atoms with Gasteiger partial charge in [-0.1, -0.05) is 35.0 Å². The molecule has 2 rings (SSSR count).